The minimum Gasteiger partial charge on any atom is -0.374 e. The molecule has 16 nitrogen and oxygen atoms in total. The van der Waals surface area contributed by atoms with Gasteiger partial charge in [-0.05, 0) is 49.7 Å². The molecular weight excluding hydrogens is 789 g/mol. The van der Waals surface area contributed by atoms with Crippen molar-refractivity contribution in [2.45, 2.75) is 69.7 Å². The number of aromatic nitrogens is 6. The second-order valence-corrected chi connectivity index (χ2v) is 16.8. The van der Waals surface area contributed by atoms with E-state index in [1.807, 2.05) is 24.3 Å². The minimum atomic E-state index is -2.86. The van der Waals surface area contributed by atoms with Crippen molar-refractivity contribution < 1.29 is 32.6 Å². The lowest BCUT2D eigenvalue weighted by Crippen LogP contribution is -2.49. The molecule has 0 spiro atoms. The Labute approximate surface area is 349 Å². The summed E-state index contributed by atoms with van der Waals surface area (Å²) < 4.78 is 43.5. The van der Waals surface area contributed by atoms with Gasteiger partial charge >= 0.3 is 6.03 Å². The first-order valence-electron chi connectivity index (χ1n) is 20.9. The van der Waals surface area contributed by atoms with Crippen molar-refractivity contribution in [2.75, 3.05) is 61.1 Å². The summed E-state index contributed by atoms with van der Waals surface area (Å²) in [4.78, 5) is 52.9. The van der Waals surface area contributed by atoms with Gasteiger partial charge in [0.05, 0.1) is 54.7 Å². The molecule has 1 aromatic carbocycles. The van der Waals surface area contributed by atoms with Crippen molar-refractivity contribution in [1.82, 2.24) is 39.6 Å². The molecule has 5 fully saturated rings. The van der Waals surface area contributed by atoms with E-state index in [0.29, 0.717) is 29.8 Å². The van der Waals surface area contributed by atoms with E-state index in [1.54, 1.807) is 23.3 Å². The molecule has 1 aliphatic carbocycles. The number of hydrogen-bond acceptors (Lipinski definition) is 11. The SMILES string of the molecule is C[C@H]1CN(C[C@H]2C[C@H](n3cc(NC(=O)c4cnn5ccc(N6C[C@H]7C[C@@H]6CO7)nc45)c(C(F)F)n3)C2)CC[C@@H]1OCC#Cc1cccc2c(N3CCC(=O)NC3=O)cncc12. The number of nitrogens with zero attached hydrogens (tertiary/aromatic N) is 9. The number of likely N-dealkylation sites (tertiary alicyclic amines) is 1. The molecule has 4 atom stereocenters. The molecule has 0 radical (unpaired) electrons. The van der Waals surface area contributed by atoms with Gasteiger partial charge in [-0.2, -0.15) is 10.2 Å². The molecule has 5 aromatic rings. The molecule has 1 saturated carbocycles. The molecule has 4 aromatic heterocycles. The van der Waals surface area contributed by atoms with Crippen molar-refractivity contribution in [3.8, 4) is 11.8 Å². The summed E-state index contributed by atoms with van der Waals surface area (Å²) in [5, 5.41) is 15.2. The van der Waals surface area contributed by atoms with Crippen LogP contribution in [0, 0.1) is 23.7 Å². The summed E-state index contributed by atoms with van der Waals surface area (Å²) >= 11 is 0. The van der Waals surface area contributed by atoms with Crippen LogP contribution in [0.2, 0.25) is 0 Å². The van der Waals surface area contributed by atoms with Crippen LogP contribution in [-0.2, 0) is 14.3 Å². The Morgan fingerprint density at radius 3 is 2.75 bits per heavy atom. The van der Waals surface area contributed by atoms with Gasteiger partial charge in [-0.15, -0.1) is 0 Å². The molecule has 8 heterocycles. The number of rotatable bonds is 10. The number of nitrogens with one attached hydrogen (secondary N) is 2. The Morgan fingerprint density at radius 1 is 1.08 bits per heavy atom. The van der Waals surface area contributed by atoms with Crippen LogP contribution < -0.4 is 20.4 Å². The highest BCUT2D eigenvalue weighted by Gasteiger charge is 2.40. The lowest BCUT2D eigenvalue weighted by molar-refractivity contribution is -0.120. The second kappa shape index (κ2) is 16.1. The van der Waals surface area contributed by atoms with Gasteiger partial charge in [-0.1, -0.05) is 30.9 Å². The molecule has 0 unspecified atom stereocenters. The van der Waals surface area contributed by atoms with Gasteiger partial charge in [0.2, 0.25) is 5.91 Å². The number of carbonyl (C=O) groups is 3. The predicted molar refractivity (Wildman–Crippen MR) is 219 cm³/mol. The van der Waals surface area contributed by atoms with Crippen LogP contribution in [0.25, 0.3) is 16.4 Å². The Kier molecular flexibility index (Phi) is 10.3. The van der Waals surface area contributed by atoms with Crippen molar-refractivity contribution in [3.63, 3.8) is 0 Å². The number of benzene rings is 1. The highest BCUT2D eigenvalue weighted by Crippen LogP contribution is 2.41. The van der Waals surface area contributed by atoms with Gasteiger partial charge in [0.15, 0.2) is 11.3 Å². The van der Waals surface area contributed by atoms with Gasteiger partial charge in [0.25, 0.3) is 12.3 Å². The number of amides is 4. The van der Waals surface area contributed by atoms with Crippen LogP contribution in [0.3, 0.4) is 0 Å². The third-order valence-electron chi connectivity index (χ3n) is 12.7. The number of halogens is 2. The minimum absolute atomic E-state index is 0.0141. The van der Waals surface area contributed by atoms with E-state index in [-0.39, 0.29) is 61.0 Å². The summed E-state index contributed by atoms with van der Waals surface area (Å²) in [5.41, 5.74) is 1.48. The highest BCUT2D eigenvalue weighted by molar-refractivity contribution is 6.10. The molecule has 4 saturated heterocycles. The Balaban J connectivity index is 0.711. The number of ether oxygens (including phenoxy) is 2. The molecule has 5 aliphatic rings. The van der Waals surface area contributed by atoms with Gasteiger partial charge in [0.1, 0.15) is 18.0 Å². The topological polar surface area (TPSA) is 164 Å². The summed E-state index contributed by atoms with van der Waals surface area (Å²) in [6.45, 7) is 6.81. The van der Waals surface area contributed by atoms with E-state index < -0.39 is 24.1 Å². The molecular formula is C43H45F2N11O5. The third kappa shape index (κ3) is 7.66. The maximum absolute atomic E-state index is 14.2. The zero-order valence-electron chi connectivity index (χ0n) is 33.5. The smallest absolute Gasteiger partial charge is 0.328 e. The molecule has 10 rings (SSSR count). The summed E-state index contributed by atoms with van der Waals surface area (Å²) in [7, 11) is 0. The van der Waals surface area contributed by atoms with Crippen LogP contribution in [0.15, 0.2) is 55.2 Å². The van der Waals surface area contributed by atoms with E-state index in [1.165, 1.54) is 21.8 Å². The number of urea groups is 1. The van der Waals surface area contributed by atoms with E-state index in [2.05, 4.69) is 54.4 Å². The Bertz CT molecular complexity index is 2580. The van der Waals surface area contributed by atoms with E-state index in [4.69, 9.17) is 14.5 Å². The number of hydrogen-bond donors (Lipinski definition) is 2. The number of alkyl halides is 2. The van der Waals surface area contributed by atoms with Gasteiger partial charge in [-0.25, -0.2) is 23.1 Å². The number of carbonyl (C=O) groups excluding carboxylic acids is 3. The highest BCUT2D eigenvalue weighted by atomic mass is 19.3. The van der Waals surface area contributed by atoms with Crippen molar-refractivity contribution in [3.05, 3.63) is 72.1 Å². The van der Waals surface area contributed by atoms with E-state index in [9.17, 15) is 23.2 Å². The largest absolute Gasteiger partial charge is 0.374 e. The average molecular weight is 834 g/mol. The molecule has 316 valence electrons. The first-order chi connectivity index (χ1) is 29.6. The fourth-order valence-electron chi connectivity index (χ4n) is 9.53. The molecule has 61 heavy (non-hydrogen) atoms. The molecule has 2 bridgehead atoms. The van der Waals surface area contributed by atoms with Gasteiger partial charge in [0, 0.05) is 74.1 Å². The summed E-state index contributed by atoms with van der Waals surface area (Å²) in [6.07, 6.45) is 9.08. The normalized spacial score (nSPS) is 25.2. The number of imide groups is 1. The lowest BCUT2D eigenvalue weighted by Gasteiger charge is -2.42. The van der Waals surface area contributed by atoms with E-state index >= 15 is 0 Å². The van der Waals surface area contributed by atoms with Crippen LogP contribution >= 0.6 is 0 Å². The maximum atomic E-state index is 14.2. The third-order valence-corrected chi connectivity index (χ3v) is 12.7. The number of piperidine rings is 1. The van der Waals surface area contributed by atoms with Crippen LogP contribution in [-0.4, -0.2) is 116 Å². The second-order valence-electron chi connectivity index (χ2n) is 16.8. The molecule has 18 heteroatoms. The molecule has 2 N–H and O–H groups in total. The number of anilines is 3. The fourth-order valence-corrected chi connectivity index (χ4v) is 9.53. The number of morpholine rings is 1. The van der Waals surface area contributed by atoms with Gasteiger partial charge in [-0.3, -0.25) is 29.5 Å². The first-order valence-corrected chi connectivity index (χ1v) is 20.9. The standard InChI is InChI=1S/C43H45F2N11O5/c1-25-20-52(10-7-36(25)60-13-3-5-27-4-2-6-31-32(27)17-46-19-35(31)53-11-9-38(57)50-43(53)59)21-26-14-28(15-26)56-23-34(39(51-56)40(44)45)48-42(58)33-18-47-55-12-8-37(49-41(33)55)54-22-30-16-29(54)24-61-30/h2,4,6,8,12,17-19,23,25-26,28-30,36,40H,7,9-11,13-16,20-22,24H2,1H3,(H,48,58)(H,50,57,59)/t25-,26-,28-,29+,30+,36-/m0/s1. The molecule has 4 amide bonds. The fraction of sp³-hybridized carbons (Fsp3) is 0.465. The number of fused-ring (bicyclic) bond motifs is 4. The van der Waals surface area contributed by atoms with Crippen molar-refractivity contribution in [1.29, 1.82) is 0 Å². The Hall–Kier alpha value is -6.03. The van der Waals surface area contributed by atoms with Crippen molar-refractivity contribution in [2.24, 2.45) is 11.8 Å². The first kappa shape index (κ1) is 39.1. The monoisotopic (exact) mass is 833 g/mol. The predicted octanol–water partition coefficient (Wildman–Crippen LogP) is 4.82. The molecule has 4 aliphatic heterocycles. The summed E-state index contributed by atoms with van der Waals surface area (Å²) in [6, 6.07) is 7.34. The van der Waals surface area contributed by atoms with E-state index in [0.717, 1.165) is 74.0 Å². The zero-order valence-corrected chi connectivity index (χ0v) is 33.5. The lowest BCUT2D eigenvalue weighted by atomic mass is 9.79. The number of pyridine rings is 1. The maximum Gasteiger partial charge on any atom is 0.328 e. The van der Waals surface area contributed by atoms with Gasteiger partial charge < -0.3 is 24.6 Å². The summed E-state index contributed by atoms with van der Waals surface area (Å²) in [5.74, 6) is 6.96. The van der Waals surface area contributed by atoms with Crippen LogP contribution in [0.1, 0.15) is 73.1 Å². The van der Waals surface area contributed by atoms with Crippen LogP contribution in [0.4, 0.5) is 30.8 Å². The zero-order chi connectivity index (χ0) is 41.8. The Morgan fingerprint density at radius 2 is 1.97 bits per heavy atom. The quantitative estimate of drug-likeness (QED) is 0.186. The average Bonchev–Trinajstić information content (AvgIpc) is 4.06. The van der Waals surface area contributed by atoms with Crippen molar-refractivity contribution >= 4 is 51.5 Å². The van der Waals surface area contributed by atoms with Crippen LogP contribution in [0.5, 0.6) is 0 Å².